The lowest BCUT2D eigenvalue weighted by molar-refractivity contribution is -0.346. The molecule has 0 saturated carbocycles. The van der Waals surface area contributed by atoms with E-state index in [1.54, 1.807) is 0 Å². The maximum absolute atomic E-state index is 13.1. The summed E-state index contributed by atoms with van der Waals surface area (Å²) in [6.07, 6.45) is -7.02. The average molecular weight is 311 g/mol. The van der Waals surface area contributed by atoms with Gasteiger partial charge in [-0.05, 0) is 12.8 Å². The van der Waals surface area contributed by atoms with Crippen LogP contribution in [0, 0.1) is 0 Å². The topological polar surface area (TPSA) is 57.6 Å². The highest BCUT2D eigenvalue weighted by Gasteiger charge is 2.77. The molecule has 0 radical (unpaired) electrons. The van der Waals surface area contributed by atoms with Crippen LogP contribution in [0.4, 0.5) is 30.7 Å². The highest BCUT2D eigenvalue weighted by molar-refractivity contribution is 5.89. The molecule has 0 bridgehead atoms. The Hall–Kier alpha value is -1.55. The van der Waals surface area contributed by atoms with Crippen molar-refractivity contribution < 1.29 is 45.4 Å². The molecule has 1 rings (SSSR count). The zero-order chi connectivity index (χ0) is 15.9. The number of likely N-dealkylation sites (tertiary alicyclic amines) is 1. The van der Waals surface area contributed by atoms with E-state index in [1.165, 1.54) is 0 Å². The molecule has 1 unspecified atom stereocenters. The largest absolute Gasteiger partial charge is 0.480 e. The van der Waals surface area contributed by atoms with E-state index in [2.05, 4.69) is 0 Å². The van der Waals surface area contributed by atoms with Crippen molar-refractivity contribution in [1.29, 1.82) is 0 Å². The van der Waals surface area contributed by atoms with Crippen LogP contribution in [0.15, 0.2) is 0 Å². The molecule has 1 N–H and O–H groups in total. The van der Waals surface area contributed by atoms with Gasteiger partial charge in [0.1, 0.15) is 6.04 Å². The van der Waals surface area contributed by atoms with E-state index in [1.807, 2.05) is 0 Å². The second kappa shape index (κ2) is 4.77. The van der Waals surface area contributed by atoms with Crippen molar-refractivity contribution in [1.82, 2.24) is 4.90 Å². The molecule has 1 aliphatic heterocycles. The number of carboxylic acid groups (broad SMARTS) is 1. The van der Waals surface area contributed by atoms with Crippen LogP contribution in [-0.2, 0) is 9.59 Å². The number of halogens is 7. The number of hydrogen-bond acceptors (Lipinski definition) is 2. The smallest absolute Gasteiger partial charge is 0.460 e. The third-order valence-electron chi connectivity index (χ3n) is 2.82. The van der Waals surface area contributed by atoms with Gasteiger partial charge in [0.2, 0.25) is 0 Å². The summed E-state index contributed by atoms with van der Waals surface area (Å²) in [7, 11) is 0. The van der Waals surface area contributed by atoms with Gasteiger partial charge in [-0.15, -0.1) is 0 Å². The van der Waals surface area contributed by atoms with Gasteiger partial charge in [-0.25, -0.2) is 4.79 Å². The maximum Gasteiger partial charge on any atom is 0.460 e. The Morgan fingerprint density at radius 2 is 1.55 bits per heavy atom. The van der Waals surface area contributed by atoms with Crippen molar-refractivity contribution in [3.8, 4) is 0 Å². The van der Waals surface area contributed by atoms with Gasteiger partial charge in [0.05, 0.1) is 0 Å². The van der Waals surface area contributed by atoms with Crippen LogP contribution in [0.1, 0.15) is 12.8 Å². The van der Waals surface area contributed by atoms with E-state index >= 15 is 0 Å². The van der Waals surface area contributed by atoms with Gasteiger partial charge in [0, 0.05) is 6.54 Å². The second-order valence-corrected chi connectivity index (χ2v) is 4.14. The van der Waals surface area contributed by atoms with E-state index in [0.717, 1.165) is 0 Å². The molecule has 4 nitrogen and oxygen atoms in total. The predicted octanol–water partition coefficient (Wildman–Crippen LogP) is 1.89. The van der Waals surface area contributed by atoms with Crippen molar-refractivity contribution in [2.45, 2.75) is 36.9 Å². The summed E-state index contributed by atoms with van der Waals surface area (Å²) in [6, 6.07) is -1.84. The fourth-order valence-electron chi connectivity index (χ4n) is 1.76. The first-order valence-electron chi connectivity index (χ1n) is 5.20. The van der Waals surface area contributed by atoms with Crippen molar-refractivity contribution >= 4 is 11.9 Å². The zero-order valence-corrected chi connectivity index (χ0v) is 9.56. The lowest BCUT2D eigenvalue weighted by Gasteiger charge is -2.31. The molecule has 0 aliphatic carbocycles. The first-order valence-corrected chi connectivity index (χ1v) is 5.20. The Bertz CT molecular complexity index is 420. The monoisotopic (exact) mass is 311 g/mol. The Kier molecular flexibility index (Phi) is 3.94. The second-order valence-electron chi connectivity index (χ2n) is 4.14. The normalized spacial score (nSPS) is 21.1. The number of carbonyl (C=O) groups excluding carboxylic acids is 1. The van der Waals surface area contributed by atoms with Crippen molar-refractivity contribution in [3.63, 3.8) is 0 Å². The van der Waals surface area contributed by atoms with Gasteiger partial charge in [0.15, 0.2) is 0 Å². The molecule has 1 amide bonds. The lowest BCUT2D eigenvalue weighted by Crippen LogP contribution is -2.61. The Morgan fingerprint density at radius 3 is 1.95 bits per heavy atom. The minimum atomic E-state index is -6.63. The summed E-state index contributed by atoms with van der Waals surface area (Å²) >= 11 is 0. The third-order valence-corrected chi connectivity index (χ3v) is 2.82. The number of carboxylic acids is 1. The molecular weight excluding hydrogens is 303 g/mol. The van der Waals surface area contributed by atoms with Crippen molar-refractivity contribution in [3.05, 3.63) is 0 Å². The number of nitrogens with zero attached hydrogens (tertiary/aromatic N) is 1. The van der Waals surface area contributed by atoms with Crippen LogP contribution in [0.2, 0.25) is 0 Å². The SMILES string of the molecule is O=C(O)C1CCCN1C(=O)C(F)(F)C(F)(F)C(F)(F)F. The van der Waals surface area contributed by atoms with Crippen LogP contribution < -0.4 is 0 Å². The lowest BCUT2D eigenvalue weighted by atomic mass is 10.1. The van der Waals surface area contributed by atoms with Crippen LogP contribution in [0.3, 0.4) is 0 Å². The molecule has 1 fully saturated rings. The Labute approximate surface area is 107 Å². The number of aliphatic carboxylic acids is 1. The van der Waals surface area contributed by atoms with Crippen molar-refractivity contribution in [2.75, 3.05) is 6.54 Å². The Balaban J connectivity index is 3.09. The predicted molar refractivity (Wildman–Crippen MR) is 48.3 cm³/mol. The summed E-state index contributed by atoms with van der Waals surface area (Å²) in [5.41, 5.74) is 0. The molecule has 0 spiro atoms. The molecule has 1 aliphatic rings. The van der Waals surface area contributed by atoms with Gasteiger partial charge in [0.25, 0.3) is 0 Å². The molecule has 1 heterocycles. The summed E-state index contributed by atoms with van der Waals surface area (Å²) < 4.78 is 87.3. The van der Waals surface area contributed by atoms with E-state index in [-0.39, 0.29) is 17.7 Å². The van der Waals surface area contributed by atoms with Crippen LogP contribution >= 0.6 is 0 Å². The maximum atomic E-state index is 13.1. The van der Waals surface area contributed by atoms with E-state index in [9.17, 15) is 40.3 Å². The fraction of sp³-hybridized carbons (Fsp3) is 0.778. The average Bonchev–Trinajstić information content (AvgIpc) is 2.74. The molecule has 11 heteroatoms. The zero-order valence-electron chi connectivity index (χ0n) is 9.56. The van der Waals surface area contributed by atoms with Crippen LogP contribution in [0.25, 0.3) is 0 Å². The van der Waals surface area contributed by atoms with Gasteiger partial charge < -0.3 is 10.0 Å². The number of hydrogen-bond donors (Lipinski definition) is 1. The first-order chi connectivity index (χ1) is 8.84. The van der Waals surface area contributed by atoms with E-state index in [4.69, 9.17) is 5.11 Å². The minimum Gasteiger partial charge on any atom is -0.480 e. The number of rotatable bonds is 3. The number of carbonyl (C=O) groups is 2. The molecule has 116 valence electrons. The summed E-state index contributed by atoms with van der Waals surface area (Å²) in [5.74, 6) is -17.2. The van der Waals surface area contributed by atoms with Gasteiger partial charge in [-0.2, -0.15) is 30.7 Å². The van der Waals surface area contributed by atoms with Gasteiger partial charge >= 0.3 is 29.9 Å². The van der Waals surface area contributed by atoms with Crippen LogP contribution in [0.5, 0.6) is 0 Å². The molecule has 0 aromatic carbocycles. The van der Waals surface area contributed by atoms with Crippen molar-refractivity contribution in [2.24, 2.45) is 0 Å². The highest BCUT2D eigenvalue weighted by Crippen LogP contribution is 2.47. The van der Waals surface area contributed by atoms with E-state index in [0.29, 0.717) is 0 Å². The fourth-order valence-corrected chi connectivity index (χ4v) is 1.76. The summed E-state index contributed by atoms with van der Waals surface area (Å²) in [6.45, 7) is -0.626. The quantitative estimate of drug-likeness (QED) is 0.810. The highest BCUT2D eigenvalue weighted by atomic mass is 19.4. The summed E-state index contributed by atoms with van der Waals surface area (Å²) in [4.78, 5) is 21.7. The molecule has 1 saturated heterocycles. The molecule has 0 aromatic heterocycles. The van der Waals surface area contributed by atoms with Gasteiger partial charge in [-0.3, -0.25) is 4.79 Å². The number of amides is 1. The molecule has 0 aromatic rings. The van der Waals surface area contributed by atoms with Crippen LogP contribution in [-0.4, -0.2) is 52.5 Å². The molecular formula is C9H8F7NO3. The Morgan fingerprint density at radius 1 is 1.05 bits per heavy atom. The van der Waals surface area contributed by atoms with E-state index < -0.39 is 42.5 Å². The number of alkyl halides is 7. The van der Waals surface area contributed by atoms with Gasteiger partial charge in [-0.1, -0.05) is 0 Å². The standard InChI is InChI=1S/C9H8F7NO3/c10-7(11,8(12,13)9(14,15)16)6(20)17-3-1-2-4(17)5(18)19/h4H,1-3H2,(H,18,19). The molecule has 20 heavy (non-hydrogen) atoms. The summed E-state index contributed by atoms with van der Waals surface area (Å²) in [5, 5.41) is 8.61. The minimum absolute atomic E-state index is 0.0869. The molecule has 1 atom stereocenters. The first kappa shape index (κ1) is 16.5. The third kappa shape index (κ3) is 2.40.